The molecule has 17 heavy (non-hydrogen) atoms. The molecular formula is C12H27N5. The summed E-state index contributed by atoms with van der Waals surface area (Å²) in [6.45, 7) is 13.8. The van der Waals surface area contributed by atoms with Crippen molar-refractivity contribution in [1.82, 2.24) is 15.2 Å². The summed E-state index contributed by atoms with van der Waals surface area (Å²) in [4.78, 5) is 9.19. The van der Waals surface area contributed by atoms with Crippen molar-refractivity contribution < 1.29 is 0 Å². The second kappa shape index (κ2) is 6.21. The molecule has 5 heteroatoms. The predicted molar refractivity (Wildman–Crippen MR) is 72.8 cm³/mol. The summed E-state index contributed by atoms with van der Waals surface area (Å²) in [5.74, 6) is 6.36. The SMILES string of the molecule is CCCN=C(NN)N1CCN(C(C)(C)C)CC1. The number of nitrogens with one attached hydrogen (secondary N) is 1. The molecule has 0 atom stereocenters. The van der Waals surface area contributed by atoms with Crippen LogP contribution in [0.15, 0.2) is 4.99 Å². The van der Waals surface area contributed by atoms with Gasteiger partial charge in [-0.1, -0.05) is 6.92 Å². The topological polar surface area (TPSA) is 56.9 Å². The highest BCUT2D eigenvalue weighted by Gasteiger charge is 2.26. The molecule has 5 nitrogen and oxygen atoms in total. The molecule has 1 aliphatic heterocycles. The van der Waals surface area contributed by atoms with Crippen LogP contribution < -0.4 is 11.3 Å². The highest BCUT2D eigenvalue weighted by atomic mass is 15.4. The molecule has 0 aromatic rings. The van der Waals surface area contributed by atoms with Gasteiger partial charge in [-0.2, -0.15) is 0 Å². The van der Waals surface area contributed by atoms with Gasteiger partial charge in [0.1, 0.15) is 0 Å². The van der Waals surface area contributed by atoms with Gasteiger partial charge in [0.2, 0.25) is 5.96 Å². The number of hydrogen-bond donors (Lipinski definition) is 2. The third-order valence-corrected chi connectivity index (χ3v) is 3.14. The van der Waals surface area contributed by atoms with Crippen molar-refractivity contribution in [3.05, 3.63) is 0 Å². The van der Waals surface area contributed by atoms with Gasteiger partial charge in [0.15, 0.2) is 0 Å². The zero-order chi connectivity index (χ0) is 12.9. The molecule has 1 fully saturated rings. The molecule has 0 unspecified atom stereocenters. The number of hydrazine groups is 1. The molecule has 0 spiro atoms. The molecule has 1 saturated heterocycles. The number of rotatable bonds is 2. The van der Waals surface area contributed by atoms with Crippen LogP contribution in [-0.4, -0.2) is 54.0 Å². The van der Waals surface area contributed by atoms with Crippen LogP contribution >= 0.6 is 0 Å². The first-order valence-electron chi connectivity index (χ1n) is 6.50. The average Bonchev–Trinajstić information content (AvgIpc) is 2.29. The zero-order valence-electron chi connectivity index (χ0n) is 11.7. The van der Waals surface area contributed by atoms with Crippen molar-refractivity contribution in [2.45, 2.75) is 39.7 Å². The van der Waals surface area contributed by atoms with Crippen molar-refractivity contribution in [3.63, 3.8) is 0 Å². The maximum Gasteiger partial charge on any atom is 0.208 e. The number of aliphatic imine (C=N–C) groups is 1. The Morgan fingerprint density at radius 2 is 1.82 bits per heavy atom. The maximum absolute atomic E-state index is 5.53. The number of piperazine rings is 1. The Labute approximate surface area is 105 Å². The molecule has 0 bridgehead atoms. The number of nitrogens with two attached hydrogens (primary N) is 1. The smallest absolute Gasteiger partial charge is 0.208 e. The summed E-state index contributed by atoms with van der Waals surface area (Å²) in [6, 6.07) is 0. The van der Waals surface area contributed by atoms with E-state index >= 15 is 0 Å². The van der Waals surface area contributed by atoms with E-state index in [0.29, 0.717) is 0 Å². The molecule has 1 rings (SSSR count). The van der Waals surface area contributed by atoms with E-state index in [2.05, 4.69) is 47.9 Å². The molecule has 100 valence electrons. The van der Waals surface area contributed by atoms with E-state index in [1.54, 1.807) is 0 Å². The maximum atomic E-state index is 5.53. The molecule has 0 radical (unpaired) electrons. The monoisotopic (exact) mass is 241 g/mol. The molecule has 0 aliphatic carbocycles. The number of guanidine groups is 1. The highest BCUT2D eigenvalue weighted by Crippen LogP contribution is 2.15. The van der Waals surface area contributed by atoms with Crippen molar-refractivity contribution in [2.75, 3.05) is 32.7 Å². The van der Waals surface area contributed by atoms with E-state index < -0.39 is 0 Å². The first-order valence-corrected chi connectivity index (χ1v) is 6.50. The van der Waals surface area contributed by atoms with Crippen molar-refractivity contribution in [3.8, 4) is 0 Å². The van der Waals surface area contributed by atoms with E-state index in [0.717, 1.165) is 45.1 Å². The van der Waals surface area contributed by atoms with Gasteiger partial charge in [-0.25, -0.2) is 5.84 Å². The quantitative estimate of drug-likeness (QED) is 0.322. The van der Waals surface area contributed by atoms with Gasteiger partial charge in [-0.15, -0.1) is 0 Å². The molecule has 1 heterocycles. The molecule has 1 aliphatic rings. The van der Waals surface area contributed by atoms with Crippen LogP contribution in [-0.2, 0) is 0 Å². The Bertz CT molecular complexity index is 248. The van der Waals surface area contributed by atoms with Crippen LogP contribution in [0.25, 0.3) is 0 Å². The third-order valence-electron chi connectivity index (χ3n) is 3.14. The Morgan fingerprint density at radius 3 is 2.24 bits per heavy atom. The lowest BCUT2D eigenvalue weighted by Crippen LogP contribution is -2.57. The Morgan fingerprint density at radius 1 is 1.24 bits per heavy atom. The average molecular weight is 241 g/mol. The van der Waals surface area contributed by atoms with Gasteiger partial charge >= 0.3 is 0 Å². The minimum atomic E-state index is 0.253. The fourth-order valence-electron chi connectivity index (χ4n) is 2.04. The minimum Gasteiger partial charge on any atom is -0.339 e. The normalized spacial score (nSPS) is 19.6. The summed E-state index contributed by atoms with van der Waals surface area (Å²) >= 11 is 0. The minimum absolute atomic E-state index is 0.253. The Hall–Kier alpha value is -0.810. The molecule has 0 amide bonds. The Balaban J connectivity index is 2.50. The first kappa shape index (κ1) is 14.3. The second-order valence-corrected chi connectivity index (χ2v) is 5.49. The fraction of sp³-hybridized carbons (Fsp3) is 0.917. The predicted octanol–water partition coefficient (Wildman–Crippen LogP) is 0.632. The largest absolute Gasteiger partial charge is 0.339 e. The standard InChI is InChI=1S/C12H27N5/c1-5-6-14-11(15-13)16-7-9-17(10-8-16)12(2,3)4/h5-10,13H2,1-4H3,(H,14,15). The van der Waals surface area contributed by atoms with Gasteiger partial charge in [-0.05, 0) is 27.2 Å². The van der Waals surface area contributed by atoms with Crippen LogP contribution in [0.5, 0.6) is 0 Å². The Kier molecular flexibility index (Phi) is 5.21. The summed E-state index contributed by atoms with van der Waals surface area (Å²) in [5, 5.41) is 0. The molecule has 0 aromatic heterocycles. The van der Waals surface area contributed by atoms with Crippen molar-refractivity contribution in [2.24, 2.45) is 10.8 Å². The summed E-state index contributed by atoms with van der Waals surface area (Å²) in [6.07, 6.45) is 1.05. The highest BCUT2D eigenvalue weighted by molar-refractivity contribution is 5.79. The third kappa shape index (κ3) is 4.16. The van der Waals surface area contributed by atoms with Gasteiger partial charge in [0, 0.05) is 38.3 Å². The van der Waals surface area contributed by atoms with Gasteiger partial charge in [-0.3, -0.25) is 15.3 Å². The van der Waals surface area contributed by atoms with E-state index in [-0.39, 0.29) is 5.54 Å². The van der Waals surface area contributed by atoms with Crippen molar-refractivity contribution >= 4 is 5.96 Å². The molecule has 0 saturated carbocycles. The van der Waals surface area contributed by atoms with E-state index in [9.17, 15) is 0 Å². The van der Waals surface area contributed by atoms with Gasteiger partial charge < -0.3 is 4.90 Å². The molecular weight excluding hydrogens is 214 g/mol. The van der Waals surface area contributed by atoms with E-state index in [4.69, 9.17) is 5.84 Å². The lowest BCUT2D eigenvalue weighted by molar-refractivity contribution is 0.0870. The number of nitrogens with zero attached hydrogens (tertiary/aromatic N) is 3. The van der Waals surface area contributed by atoms with Crippen LogP contribution in [0.3, 0.4) is 0 Å². The van der Waals surface area contributed by atoms with Gasteiger partial charge in [0.05, 0.1) is 0 Å². The summed E-state index contributed by atoms with van der Waals surface area (Å²) in [7, 11) is 0. The van der Waals surface area contributed by atoms with E-state index in [1.165, 1.54) is 0 Å². The lowest BCUT2D eigenvalue weighted by Gasteiger charge is -2.42. The number of hydrogen-bond acceptors (Lipinski definition) is 3. The summed E-state index contributed by atoms with van der Waals surface area (Å²) in [5.41, 5.74) is 2.97. The van der Waals surface area contributed by atoms with E-state index in [1.807, 2.05) is 0 Å². The summed E-state index contributed by atoms with van der Waals surface area (Å²) < 4.78 is 0. The first-order chi connectivity index (χ1) is 7.99. The van der Waals surface area contributed by atoms with Crippen LogP contribution in [0.4, 0.5) is 0 Å². The lowest BCUT2D eigenvalue weighted by atomic mass is 10.1. The molecule has 3 N–H and O–H groups in total. The van der Waals surface area contributed by atoms with Crippen LogP contribution in [0.1, 0.15) is 34.1 Å². The fourth-order valence-corrected chi connectivity index (χ4v) is 2.04. The second-order valence-electron chi connectivity index (χ2n) is 5.49. The molecule has 0 aromatic carbocycles. The van der Waals surface area contributed by atoms with Gasteiger partial charge in [0.25, 0.3) is 0 Å². The van der Waals surface area contributed by atoms with Crippen LogP contribution in [0.2, 0.25) is 0 Å². The van der Waals surface area contributed by atoms with Crippen molar-refractivity contribution in [1.29, 1.82) is 0 Å². The van der Waals surface area contributed by atoms with Crippen LogP contribution in [0, 0.1) is 0 Å². The zero-order valence-corrected chi connectivity index (χ0v) is 11.7.